The molecule has 174 valence electrons. The number of anilines is 1. The molecule has 2 aromatic carbocycles. The fraction of sp³-hybridized carbons (Fsp3) is 0.0952. The van der Waals surface area contributed by atoms with Gasteiger partial charge in [-0.2, -0.15) is 10.2 Å². The predicted molar refractivity (Wildman–Crippen MR) is 123 cm³/mol. The van der Waals surface area contributed by atoms with Gasteiger partial charge in [0.05, 0.1) is 28.0 Å². The zero-order chi connectivity index (χ0) is 24.1. The third-order valence-electron chi connectivity index (χ3n) is 4.40. The minimum Gasteiger partial charge on any atom is -0.471 e. The average Bonchev–Trinajstić information content (AvgIpc) is 3.46. The summed E-state index contributed by atoms with van der Waals surface area (Å²) in [6.07, 6.45) is 4.64. The van der Waals surface area contributed by atoms with Crippen LogP contribution in [0, 0.1) is 10.1 Å². The molecular formula is C21H16Cl2N6O5. The molecule has 2 aromatic heterocycles. The number of ether oxygens (including phenoxy) is 2. The molecule has 4 aromatic rings. The second-order valence-electron chi connectivity index (χ2n) is 6.84. The Morgan fingerprint density at radius 2 is 1.91 bits per heavy atom. The molecule has 0 aliphatic rings. The highest BCUT2D eigenvalue weighted by Gasteiger charge is 2.13. The van der Waals surface area contributed by atoms with Crippen LogP contribution < -0.4 is 14.8 Å². The van der Waals surface area contributed by atoms with E-state index in [1.165, 1.54) is 39.8 Å². The number of halogens is 2. The van der Waals surface area contributed by atoms with Crippen LogP contribution in [-0.2, 0) is 13.5 Å². The fourth-order valence-electron chi connectivity index (χ4n) is 2.80. The molecule has 0 atom stereocenters. The molecule has 4 rings (SSSR count). The molecule has 1 N–H and O–H groups in total. The molecule has 0 unspecified atom stereocenters. The van der Waals surface area contributed by atoms with E-state index in [2.05, 4.69) is 15.5 Å². The summed E-state index contributed by atoms with van der Waals surface area (Å²) in [7, 11) is 0. The molecule has 34 heavy (non-hydrogen) atoms. The first-order valence-corrected chi connectivity index (χ1v) is 10.5. The van der Waals surface area contributed by atoms with Gasteiger partial charge in [-0.25, -0.2) is 9.36 Å². The van der Waals surface area contributed by atoms with E-state index in [1.54, 1.807) is 36.7 Å². The standard InChI is InChI=1S/C21H16Cl2N6O5/c22-14-2-1-3-17(8-14)33-13-28-11-15(10-24-28)25-21(30)19-6-7-27(26-19)12-34-20-5-4-16(29(31)32)9-18(20)23/h1-11H,12-13H2,(H,25,30). The molecule has 11 nitrogen and oxygen atoms in total. The molecule has 0 spiro atoms. The maximum absolute atomic E-state index is 12.5. The van der Waals surface area contributed by atoms with Crippen LogP contribution >= 0.6 is 23.2 Å². The lowest BCUT2D eigenvalue weighted by atomic mass is 10.3. The lowest BCUT2D eigenvalue weighted by molar-refractivity contribution is -0.384. The summed E-state index contributed by atoms with van der Waals surface area (Å²) >= 11 is 11.9. The van der Waals surface area contributed by atoms with E-state index in [1.807, 2.05) is 0 Å². The summed E-state index contributed by atoms with van der Waals surface area (Å²) < 4.78 is 14.0. The van der Waals surface area contributed by atoms with E-state index in [0.29, 0.717) is 16.5 Å². The average molecular weight is 503 g/mol. The van der Waals surface area contributed by atoms with Crippen LogP contribution in [0.2, 0.25) is 10.0 Å². The van der Waals surface area contributed by atoms with Crippen molar-refractivity contribution in [1.82, 2.24) is 19.6 Å². The minimum atomic E-state index is -0.551. The molecule has 0 aliphatic heterocycles. The van der Waals surface area contributed by atoms with Gasteiger partial charge < -0.3 is 14.8 Å². The Bertz CT molecular complexity index is 1340. The van der Waals surface area contributed by atoms with Crippen molar-refractivity contribution in [3.05, 3.63) is 93.0 Å². The van der Waals surface area contributed by atoms with E-state index in [0.717, 1.165) is 0 Å². The molecule has 13 heteroatoms. The lowest BCUT2D eigenvalue weighted by Gasteiger charge is -2.07. The molecule has 0 aliphatic carbocycles. The minimum absolute atomic E-state index is 0.0520. The first-order valence-electron chi connectivity index (χ1n) is 9.70. The summed E-state index contributed by atoms with van der Waals surface area (Å²) in [5.41, 5.74) is 0.472. The number of amides is 1. The Hall–Kier alpha value is -4.09. The topological polar surface area (TPSA) is 126 Å². The Kier molecular flexibility index (Phi) is 6.95. The Labute approximate surface area is 202 Å². The first-order chi connectivity index (χ1) is 16.4. The molecule has 0 radical (unpaired) electrons. The van der Waals surface area contributed by atoms with Crippen LogP contribution in [0.15, 0.2) is 67.1 Å². The van der Waals surface area contributed by atoms with E-state index in [9.17, 15) is 14.9 Å². The molecular weight excluding hydrogens is 487 g/mol. The van der Waals surface area contributed by atoms with Gasteiger partial charge in [0, 0.05) is 23.4 Å². The van der Waals surface area contributed by atoms with Crippen LogP contribution in [0.1, 0.15) is 10.5 Å². The number of nitro groups is 1. The molecule has 0 saturated carbocycles. The van der Waals surface area contributed by atoms with Gasteiger partial charge in [0.15, 0.2) is 19.2 Å². The first kappa shape index (κ1) is 23.1. The van der Waals surface area contributed by atoms with Crippen LogP contribution in [0.25, 0.3) is 0 Å². The van der Waals surface area contributed by atoms with Gasteiger partial charge in [-0.1, -0.05) is 29.3 Å². The van der Waals surface area contributed by atoms with Gasteiger partial charge >= 0.3 is 0 Å². The van der Waals surface area contributed by atoms with Crippen LogP contribution in [0.4, 0.5) is 11.4 Å². The number of benzene rings is 2. The lowest BCUT2D eigenvalue weighted by Crippen LogP contribution is -2.14. The number of nitro benzene ring substituents is 1. The number of carbonyl (C=O) groups is 1. The molecule has 0 bridgehead atoms. The van der Waals surface area contributed by atoms with Gasteiger partial charge in [0.1, 0.15) is 11.5 Å². The maximum Gasteiger partial charge on any atom is 0.276 e. The highest BCUT2D eigenvalue weighted by atomic mass is 35.5. The number of hydrogen-bond donors (Lipinski definition) is 1. The molecule has 0 saturated heterocycles. The zero-order valence-electron chi connectivity index (χ0n) is 17.3. The van der Waals surface area contributed by atoms with E-state index in [-0.39, 0.29) is 35.6 Å². The molecule has 0 fully saturated rings. The number of nitrogens with zero attached hydrogens (tertiary/aromatic N) is 5. The van der Waals surface area contributed by atoms with Gasteiger partial charge in [0.25, 0.3) is 11.6 Å². The van der Waals surface area contributed by atoms with Crippen molar-refractivity contribution >= 4 is 40.5 Å². The monoisotopic (exact) mass is 502 g/mol. The number of hydrogen-bond acceptors (Lipinski definition) is 7. The summed E-state index contributed by atoms with van der Waals surface area (Å²) in [4.78, 5) is 22.7. The third-order valence-corrected chi connectivity index (χ3v) is 4.93. The van der Waals surface area contributed by atoms with Gasteiger partial charge in [-0.15, -0.1) is 0 Å². The van der Waals surface area contributed by atoms with Gasteiger partial charge in [-0.05, 0) is 30.3 Å². The van der Waals surface area contributed by atoms with Crippen molar-refractivity contribution in [3.63, 3.8) is 0 Å². The van der Waals surface area contributed by atoms with Crippen molar-refractivity contribution in [2.75, 3.05) is 5.32 Å². The van der Waals surface area contributed by atoms with Crippen LogP contribution in [-0.4, -0.2) is 30.4 Å². The quantitative estimate of drug-likeness (QED) is 0.261. The maximum atomic E-state index is 12.5. The number of aromatic nitrogens is 4. The van der Waals surface area contributed by atoms with E-state index in [4.69, 9.17) is 32.7 Å². The second-order valence-corrected chi connectivity index (χ2v) is 7.68. The predicted octanol–water partition coefficient (Wildman–Crippen LogP) is 4.62. The zero-order valence-corrected chi connectivity index (χ0v) is 18.8. The second kappa shape index (κ2) is 10.2. The summed E-state index contributed by atoms with van der Waals surface area (Å²) in [6, 6.07) is 12.4. The van der Waals surface area contributed by atoms with E-state index >= 15 is 0 Å². The van der Waals surface area contributed by atoms with Crippen LogP contribution in [0.5, 0.6) is 11.5 Å². The van der Waals surface area contributed by atoms with Crippen molar-refractivity contribution in [3.8, 4) is 11.5 Å². The summed E-state index contributed by atoms with van der Waals surface area (Å²) in [5, 5.41) is 22.4. The van der Waals surface area contributed by atoms with Gasteiger partial charge in [-0.3, -0.25) is 14.9 Å². The highest BCUT2D eigenvalue weighted by molar-refractivity contribution is 6.32. The highest BCUT2D eigenvalue weighted by Crippen LogP contribution is 2.28. The SMILES string of the molecule is O=C(Nc1cnn(COc2cccc(Cl)c2)c1)c1ccn(COc2ccc([N+](=O)[O-])cc2Cl)n1. The van der Waals surface area contributed by atoms with Crippen molar-refractivity contribution in [2.45, 2.75) is 13.5 Å². The summed E-state index contributed by atoms with van der Waals surface area (Å²) in [6.45, 7) is 0.0803. The normalized spacial score (nSPS) is 10.6. The van der Waals surface area contributed by atoms with Crippen molar-refractivity contribution in [1.29, 1.82) is 0 Å². The fourth-order valence-corrected chi connectivity index (χ4v) is 3.21. The molecule has 1 amide bonds. The van der Waals surface area contributed by atoms with Crippen molar-refractivity contribution in [2.24, 2.45) is 0 Å². The Balaban J connectivity index is 1.30. The number of nitrogens with one attached hydrogen (secondary N) is 1. The summed E-state index contributed by atoms with van der Waals surface area (Å²) in [5.74, 6) is 0.403. The Morgan fingerprint density at radius 3 is 2.68 bits per heavy atom. The number of rotatable bonds is 9. The van der Waals surface area contributed by atoms with E-state index < -0.39 is 10.8 Å². The largest absolute Gasteiger partial charge is 0.471 e. The third kappa shape index (κ3) is 5.82. The smallest absolute Gasteiger partial charge is 0.276 e. The van der Waals surface area contributed by atoms with Crippen molar-refractivity contribution < 1.29 is 19.2 Å². The Morgan fingerprint density at radius 1 is 1.09 bits per heavy atom. The van der Waals surface area contributed by atoms with Crippen LogP contribution in [0.3, 0.4) is 0 Å². The number of non-ortho nitro benzene ring substituents is 1. The van der Waals surface area contributed by atoms with Gasteiger partial charge in [0.2, 0.25) is 0 Å². The number of carbonyl (C=O) groups excluding carboxylic acids is 1. The molecule has 2 heterocycles.